The van der Waals surface area contributed by atoms with Gasteiger partial charge in [-0.2, -0.15) is 0 Å². The molecule has 0 bridgehead atoms. The predicted octanol–water partition coefficient (Wildman–Crippen LogP) is 0.356. The molecule has 0 aliphatic carbocycles. The van der Waals surface area contributed by atoms with Gasteiger partial charge in [0, 0.05) is 12.5 Å². The largest absolute Gasteiger partial charge is 0.481 e. The Bertz CT molecular complexity index is 207. The number of carboxylic acid groups (broad SMARTS) is 1. The molecule has 1 atom stereocenters. The Hall–Kier alpha value is -1.10. The number of hydrogen-bond acceptors (Lipinski definition) is 3. The van der Waals surface area contributed by atoms with Crippen LogP contribution in [0.25, 0.3) is 0 Å². The number of rotatable bonds is 8. The summed E-state index contributed by atoms with van der Waals surface area (Å²) in [4.78, 5) is 21.8. The van der Waals surface area contributed by atoms with Crippen molar-refractivity contribution in [3.8, 4) is 0 Å². The Kier molecular flexibility index (Phi) is 7.62. The molecule has 0 fully saturated rings. The van der Waals surface area contributed by atoms with Gasteiger partial charge in [-0.05, 0) is 26.4 Å². The van der Waals surface area contributed by atoms with Crippen molar-refractivity contribution >= 4 is 11.9 Å². The summed E-state index contributed by atoms with van der Waals surface area (Å²) in [6.45, 7) is 2.66. The minimum atomic E-state index is -0.877. The van der Waals surface area contributed by atoms with Crippen LogP contribution in [0.1, 0.15) is 32.6 Å². The molecule has 5 heteroatoms. The van der Waals surface area contributed by atoms with Gasteiger partial charge in [0.1, 0.15) is 0 Å². The molecule has 1 amide bonds. The quantitative estimate of drug-likeness (QED) is 0.512. The van der Waals surface area contributed by atoms with E-state index in [0.29, 0.717) is 12.8 Å². The second-order valence-electron chi connectivity index (χ2n) is 3.48. The number of carboxylic acids is 1. The van der Waals surface area contributed by atoms with Gasteiger partial charge in [-0.25, -0.2) is 0 Å². The Morgan fingerprint density at radius 1 is 1.40 bits per heavy atom. The van der Waals surface area contributed by atoms with Crippen LogP contribution in [-0.4, -0.2) is 36.6 Å². The minimum absolute atomic E-state index is 0.00569. The highest BCUT2D eigenvalue weighted by molar-refractivity contribution is 5.77. The van der Waals surface area contributed by atoms with Gasteiger partial charge >= 0.3 is 5.97 Å². The lowest BCUT2D eigenvalue weighted by atomic mass is 10.1. The molecule has 0 heterocycles. The van der Waals surface area contributed by atoms with E-state index in [-0.39, 0.29) is 18.4 Å². The molecule has 0 aromatic rings. The predicted molar refractivity (Wildman–Crippen MR) is 57.6 cm³/mol. The lowest BCUT2D eigenvalue weighted by molar-refractivity contribution is -0.137. The van der Waals surface area contributed by atoms with E-state index in [1.54, 1.807) is 0 Å². The van der Waals surface area contributed by atoms with Gasteiger partial charge in [-0.3, -0.25) is 9.59 Å². The van der Waals surface area contributed by atoms with Crippen molar-refractivity contribution < 1.29 is 14.7 Å². The highest BCUT2D eigenvalue weighted by atomic mass is 16.4. The maximum atomic E-state index is 11.3. The SMILES string of the molecule is CCC(CC(=O)O)NC(=O)CCCNC. The monoisotopic (exact) mass is 216 g/mol. The van der Waals surface area contributed by atoms with Crippen molar-refractivity contribution in [1.82, 2.24) is 10.6 Å². The fourth-order valence-electron chi connectivity index (χ4n) is 1.23. The highest BCUT2D eigenvalue weighted by Crippen LogP contribution is 1.99. The standard InChI is InChI=1S/C10H20N2O3/c1-3-8(7-10(14)15)12-9(13)5-4-6-11-2/h8,11H,3-7H2,1-2H3,(H,12,13)(H,14,15). The maximum Gasteiger partial charge on any atom is 0.305 e. The molecule has 0 aromatic heterocycles. The first kappa shape index (κ1) is 13.9. The van der Waals surface area contributed by atoms with E-state index in [0.717, 1.165) is 13.0 Å². The average molecular weight is 216 g/mol. The zero-order valence-corrected chi connectivity index (χ0v) is 9.38. The second kappa shape index (κ2) is 8.23. The molecule has 0 saturated carbocycles. The summed E-state index contributed by atoms with van der Waals surface area (Å²) in [6.07, 6.45) is 1.85. The Morgan fingerprint density at radius 2 is 2.07 bits per heavy atom. The number of hydrogen-bond donors (Lipinski definition) is 3. The van der Waals surface area contributed by atoms with E-state index >= 15 is 0 Å². The summed E-state index contributed by atoms with van der Waals surface area (Å²) >= 11 is 0. The zero-order valence-electron chi connectivity index (χ0n) is 9.38. The van der Waals surface area contributed by atoms with Crippen LogP contribution in [0.4, 0.5) is 0 Å². The molecule has 5 nitrogen and oxygen atoms in total. The van der Waals surface area contributed by atoms with Gasteiger partial charge < -0.3 is 15.7 Å². The van der Waals surface area contributed by atoms with Gasteiger partial charge in [-0.15, -0.1) is 0 Å². The van der Waals surface area contributed by atoms with Gasteiger partial charge in [0.15, 0.2) is 0 Å². The first-order valence-corrected chi connectivity index (χ1v) is 5.25. The summed E-state index contributed by atoms with van der Waals surface area (Å²) in [7, 11) is 1.83. The first-order chi connectivity index (χ1) is 7.10. The van der Waals surface area contributed by atoms with E-state index in [4.69, 9.17) is 5.11 Å². The summed E-state index contributed by atoms with van der Waals surface area (Å²) in [5.41, 5.74) is 0. The smallest absolute Gasteiger partial charge is 0.305 e. The molecule has 0 rings (SSSR count). The number of amides is 1. The number of nitrogens with one attached hydrogen (secondary N) is 2. The highest BCUT2D eigenvalue weighted by Gasteiger charge is 2.13. The lowest BCUT2D eigenvalue weighted by Gasteiger charge is -2.14. The van der Waals surface area contributed by atoms with Crippen molar-refractivity contribution in [3.05, 3.63) is 0 Å². The molecule has 0 aromatic carbocycles. The van der Waals surface area contributed by atoms with Crippen molar-refractivity contribution in [2.45, 2.75) is 38.6 Å². The van der Waals surface area contributed by atoms with Crippen LogP contribution < -0.4 is 10.6 Å². The molecule has 1 unspecified atom stereocenters. The number of carbonyl (C=O) groups is 2. The van der Waals surface area contributed by atoms with Gasteiger partial charge in [0.05, 0.1) is 6.42 Å². The van der Waals surface area contributed by atoms with E-state index < -0.39 is 5.97 Å². The molecule has 0 aliphatic rings. The Balaban J connectivity index is 3.75. The van der Waals surface area contributed by atoms with Crippen molar-refractivity contribution in [3.63, 3.8) is 0 Å². The third-order valence-electron chi connectivity index (χ3n) is 2.11. The van der Waals surface area contributed by atoms with E-state index in [1.807, 2.05) is 14.0 Å². The van der Waals surface area contributed by atoms with Crippen molar-refractivity contribution in [2.24, 2.45) is 0 Å². The number of carbonyl (C=O) groups excluding carboxylic acids is 1. The second-order valence-corrected chi connectivity index (χ2v) is 3.48. The molecule has 0 aliphatic heterocycles. The maximum absolute atomic E-state index is 11.3. The summed E-state index contributed by atoms with van der Waals surface area (Å²) in [5, 5.41) is 14.2. The van der Waals surface area contributed by atoms with Crippen LogP contribution in [-0.2, 0) is 9.59 Å². The van der Waals surface area contributed by atoms with Crippen molar-refractivity contribution in [1.29, 1.82) is 0 Å². The van der Waals surface area contributed by atoms with Crippen LogP contribution >= 0.6 is 0 Å². The molecule has 0 spiro atoms. The van der Waals surface area contributed by atoms with Crippen LogP contribution in [0.3, 0.4) is 0 Å². The Morgan fingerprint density at radius 3 is 2.53 bits per heavy atom. The van der Waals surface area contributed by atoms with E-state index in [9.17, 15) is 9.59 Å². The van der Waals surface area contributed by atoms with Gasteiger partial charge in [-0.1, -0.05) is 6.92 Å². The topological polar surface area (TPSA) is 78.4 Å². The van der Waals surface area contributed by atoms with Crippen LogP contribution in [0.2, 0.25) is 0 Å². The molecule has 3 N–H and O–H groups in total. The Labute approximate surface area is 90.2 Å². The third kappa shape index (κ3) is 7.93. The fourth-order valence-corrected chi connectivity index (χ4v) is 1.23. The summed E-state index contributed by atoms with van der Waals surface area (Å²) in [6, 6.07) is -0.246. The van der Waals surface area contributed by atoms with E-state index in [1.165, 1.54) is 0 Å². The van der Waals surface area contributed by atoms with Gasteiger partial charge in [0.25, 0.3) is 0 Å². The third-order valence-corrected chi connectivity index (χ3v) is 2.11. The average Bonchev–Trinajstić information content (AvgIpc) is 2.16. The molecule has 0 saturated heterocycles. The van der Waals surface area contributed by atoms with Crippen LogP contribution in [0.5, 0.6) is 0 Å². The lowest BCUT2D eigenvalue weighted by Crippen LogP contribution is -2.36. The summed E-state index contributed by atoms with van der Waals surface area (Å²) in [5.74, 6) is -0.948. The molecular formula is C10H20N2O3. The van der Waals surface area contributed by atoms with Crippen molar-refractivity contribution in [2.75, 3.05) is 13.6 Å². The first-order valence-electron chi connectivity index (χ1n) is 5.25. The van der Waals surface area contributed by atoms with E-state index in [2.05, 4.69) is 10.6 Å². The minimum Gasteiger partial charge on any atom is -0.481 e. The fraction of sp³-hybridized carbons (Fsp3) is 0.800. The number of aliphatic carboxylic acids is 1. The molecule has 15 heavy (non-hydrogen) atoms. The molecule has 88 valence electrons. The zero-order chi connectivity index (χ0) is 11.7. The normalized spacial score (nSPS) is 12.1. The van der Waals surface area contributed by atoms with Crippen LogP contribution in [0.15, 0.2) is 0 Å². The molecular weight excluding hydrogens is 196 g/mol. The summed E-state index contributed by atoms with van der Waals surface area (Å²) < 4.78 is 0. The van der Waals surface area contributed by atoms with Gasteiger partial charge in [0.2, 0.25) is 5.91 Å². The molecule has 0 radical (unpaired) electrons. The van der Waals surface area contributed by atoms with Crippen LogP contribution in [0, 0.1) is 0 Å².